The average molecular weight is 495 g/mol. The van der Waals surface area contributed by atoms with Crippen molar-refractivity contribution in [1.29, 1.82) is 0 Å². The van der Waals surface area contributed by atoms with Crippen LogP contribution in [0.5, 0.6) is 0 Å². The first-order valence-electron chi connectivity index (χ1n) is 14.4. The summed E-state index contributed by atoms with van der Waals surface area (Å²) < 4.78 is 15.6. The van der Waals surface area contributed by atoms with Crippen molar-refractivity contribution >= 4 is 5.84 Å². The summed E-state index contributed by atoms with van der Waals surface area (Å²) in [6.07, 6.45) is 21.2. The Kier molecular flexibility index (Phi) is 9.64. The molecule has 0 aromatic carbocycles. The highest BCUT2D eigenvalue weighted by Crippen LogP contribution is 2.37. The average Bonchev–Trinajstić information content (AvgIpc) is 3.59. The zero-order valence-electron chi connectivity index (χ0n) is 22.9. The minimum absolute atomic E-state index is 0.0132. The van der Waals surface area contributed by atoms with E-state index < -0.39 is 6.17 Å². The number of alkyl halides is 1. The summed E-state index contributed by atoms with van der Waals surface area (Å²) >= 11 is 0. The first-order valence-corrected chi connectivity index (χ1v) is 14.4. The molecule has 3 N–H and O–H groups in total. The van der Waals surface area contributed by atoms with E-state index in [9.17, 15) is 0 Å². The smallest absolute Gasteiger partial charge is 0.128 e. The fraction of sp³-hybridized carbons (Fsp3) is 0.645. The Labute approximate surface area is 218 Å². The molecular formula is C31H47FN4. The second kappa shape index (κ2) is 12.9. The van der Waals surface area contributed by atoms with Gasteiger partial charge in [0, 0.05) is 12.3 Å². The van der Waals surface area contributed by atoms with Crippen LogP contribution in [-0.2, 0) is 0 Å². The summed E-state index contributed by atoms with van der Waals surface area (Å²) in [6, 6.07) is 0.0132. The van der Waals surface area contributed by atoms with E-state index in [4.69, 9.17) is 4.99 Å². The molecule has 4 nitrogen and oxygen atoms in total. The van der Waals surface area contributed by atoms with Gasteiger partial charge in [-0.05, 0) is 93.0 Å². The SMILES string of the molecule is CCCC(C1=NCC(C2=CC=C(C3=CC(/C=C\NC(CC)NC)=C(C)CC3)CC2F)N1)C1CCCC1. The van der Waals surface area contributed by atoms with E-state index >= 15 is 4.39 Å². The van der Waals surface area contributed by atoms with Gasteiger partial charge < -0.3 is 16.0 Å². The van der Waals surface area contributed by atoms with Gasteiger partial charge in [0.25, 0.3) is 0 Å². The van der Waals surface area contributed by atoms with Crippen LogP contribution in [0.3, 0.4) is 0 Å². The van der Waals surface area contributed by atoms with Gasteiger partial charge in [-0.2, -0.15) is 0 Å². The third kappa shape index (κ3) is 6.40. The lowest BCUT2D eigenvalue weighted by Crippen LogP contribution is -2.40. The summed E-state index contributed by atoms with van der Waals surface area (Å²) in [4.78, 5) is 4.91. The van der Waals surface area contributed by atoms with Gasteiger partial charge in [0.1, 0.15) is 12.0 Å². The number of hydrogen-bond donors (Lipinski definition) is 3. The molecule has 198 valence electrons. The van der Waals surface area contributed by atoms with E-state index in [0.29, 0.717) is 18.9 Å². The lowest BCUT2D eigenvalue weighted by Gasteiger charge is -2.28. The third-order valence-corrected chi connectivity index (χ3v) is 8.65. The van der Waals surface area contributed by atoms with E-state index in [1.54, 1.807) is 0 Å². The quantitative estimate of drug-likeness (QED) is 0.282. The predicted octanol–water partition coefficient (Wildman–Crippen LogP) is 6.65. The molecule has 0 amide bonds. The lowest BCUT2D eigenvalue weighted by molar-refractivity contribution is 0.357. The standard InChI is InChI=1S/C31H47FN4/c1-5-9-26(22-10-7-8-11-22)31-35-20-29(36-31)27-15-14-25(19-28(27)32)24-13-12-21(3)23(18-24)16-17-34-30(6-2)33-4/h14-18,22,26,28-30,33-34H,5-13,19-20H2,1-4H3,(H,35,36)/b17-16-. The molecule has 4 unspecified atom stereocenters. The molecule has 4 rings (SSSR count). The van der Waals surface area contributed by atoms with Crippen molar-refractivity contribution in [2.24, 2.45) is 16.8 Å². The number of halogens is 1. The normalized spacial score (nSPS) is 26.9. The highest BCUT2D eigenvalue weighted by atomic mass is 19.1. The summed E-state index contributed by atoms with van der Waals surface area (Å²) in [7, 11) is 1.97. The van der Waals surface area contributed by atoms with Crippen molar-refractivity contribution in [3.8, 4) is 0 Å². The highest BCUT2D eigenvalue weighted by Gasteiger charge is 2.35. The summed E-state index contributed by atoms with van der Waals surface area (Å²) in [5.41, 5.74) is 5.93. The molecule has 0 bridgehead atoms. The van der Waals surface area contributed by atoms with E-state index in [1.165, 1.54) is 55.2 Å². The summed E-state index contributed by atoms with van der Waals surface area (Å²) in [5, 5.41) is 10.3. The molecule has 0 aromatic rings. The van der Waals surface area contributed by atoms with Crippen molar-refractivity contribution in [2.45, 2.75) is 103 Å². The first kappa shape index (κ1) is 26.9. The second-order valence-corrected chi connectivity index (χ2v) is 11.0. The Morgan fingerprint density at radius 3 is 2.67 bits per heavy atom. The topological polar surface area (TPSA) is 48.5 Å². The molecular weight excluding hydrogens is 447 g/mol. The number of nitrogens with one attached hydrogen (secondary N) is 3. The zero-order chi connectivity index (χ0) is 25.5. The van der Waals surface area contributed by atoms with Crippen LogP contribution in [-0.4, -0.2) is 37.8 Å². The molecule has 0 spiro atoms. The molecule has 1 saturated carbocycles. The number of rotatable bonds is 11. The lowest BCUT2D eigenvalue weighted by atomic mass is 9.83. The number of hydrogen-bond acceptors (Lipinski definition) is 4. The van der Waals surface area contributed by atoms with Gasteiger partial charge in [-0.1, -0.05) is 56.9 Å². The fourth-order valence-electron chi connectivity index (χ4n) is 6.34. The molecule has 1 aliphatic heterocycles. The minimum Gasteiger partial charge on any atom is -0.376 e. The van der Waals surface area contributed by atoms with Crippen LogP contribution in [0.1, 0.15) is 85.0 Å². The van der Waals surface area contributed by atoms with Gasteiger partial charge in [-0.15, -0.1) is 0 Å². The molecule has 4 atom stereocenters. The Hall–Kier alpha value is -2.14. The Balaban J connectivity index is 1.42. The van der Waals surface area contributed by atoms with Crippen molar-refractivity contribution in [2.75, 3.05) is 13.6 Å². The van der Waals surface area contributed by atoms with E-state index in [1.807, 2.05) is 19.3 Å². The first-order chi connectivity index (χ1) is 17.5. The zero-order valence-corrected chi connectivity index (χ0v) is 22.9. The second-order valence-electron chi connectivity index (χ2n) is 11.0. The van der Waals surface area contributed by atoms with Crippen LogP contribution < -0.4 is 16.0 Å². The Bertz CT molecular complexity index is 944. The van der Waals surface area contributed by atoms with Gasteiger partial charge in [-0.25, -0.2) is 4.39 Å². The monoisotopic (exact) mass is 494 g/mol. The molecule has 1 fully saturated rings. The van der Waals surface area contributed by atoms with E-state index in [-0.39, 0.29) is 12.2 Å². The predicted molar refractivity (Wildman–Crippen MR) is 151 cm³/mol. The third-order valence-electron chi connectivity index (χ3n) is 8.65. The number of amidine groups is 1. The Morgan fingerprint density at radius 1 is 1.17 bits per heavy atom. The molecule has 0 radical (unpaired) electrons. The van der Waals surface area contributed by atoms with Crippen LogP contribution in [0.15, 0.2) is 63.4 Å². The van der Waals surface area contributed by atoms with Crippen LogP contribution in [0.4, 0.5) is 4.39 Å². The van der Waals surface area contributed by atoms with E-state index in [2.05, 4.69) is 54.9 Å². The molecule has 3 aliphatic carbocycles. The maximum absolute atomic E-state index is 15.6. The maximum atomic E-state index is 15.6. The van der Waals surface area contributed by atoms with Crippen LogP contribution >= 0.6 is 0 Å². The van der Waals surface area contributed by atoms with Gasteiger partial charge in [0.05, 0.1) is 18.8 Å². The molecule has 1 heterocycles. The number of allylic oxidation sites excluding steroid dienone is 8. The van der Waals surface area contributed by atoms with Crippen LogP contribution in [0.25, 0.3) is 0 Å². The van der Waals surface area contributed by atoms with Gasteiger partial charge in [0.15, 0.2) is 0 Å². The van der Waals surface area contributed by atoms with Crippen molar-refractivity contribution in [1.82, 2.24) is 16.0 Å². The van der Waals surface area contributed by atoms with Gasteiger partial charge in [-0.3, -0.25) is 4.99 Å². The fourth-order valence-corrected chi connectivity index (χ4v) is 6.34. The van der Waals surface area contributed by atoms with Crippen molar-refractivity contribution in [3.63, 3.8) is 0 Å². The van der Waals surface area contributed by atoms with E-state index in [0.717, 1.165) is 42.2 Å². The largest absolute Gasteiger partial charge is 0.376 e. The number of aliphatic imine (C=N–C) groups is 1. The Morgan fingerprint density at radius 2 is 1.97 bits per heavy atom. The van der Waals surface area contributed by atoms with Crippen LogP contribution in [0.2, 0.25) is 0 Å². The molecule has 4 aliphatic rings. The van der Waals surface area contributed by atoms with Gasteiger partial charge >= 0.3 is 0 Å². The summed E-state index contributed by atoms with van der Waals surface area (Å²) in [6.45, 7) is 7.30. The maximum Gasteiger partial charge on any atom is 0.128 e. The molecule has 5 heteroatoms. The minimum atomic E-state index is -0.942. The highest BCUT2D eigenvalue weighted by molar-refractivity contribution is 5.87. The molecule has 0 saturated heterocycles. The van der Waals surface area contributed by atoms with Crippen molar-refractivity contribution < 1.29 is 4.39 Å². The van der Waals surface area contributed by atoms with Crippen LogP contribution in [0, 0.1) is 11.8 Å². The van der Waals surface area contributed by atoms with Gasteiger partial charge in [0.2, 0.25) is 0 Å². The summed E-state index contributed by atoms with van der Waals surface area (Å²) in [5.74, 6) is 2.43. The molecule has 36 heavy (non-hydrogen) atoms. The number of nitrogens with zero attached hydrogens (tertiary/aromatic N) is 1. The molecule has 0 aromatic heterocycles. The van der Waals surface area contributed by atoms with Crippen molar-refractivity contribution in [3.05, 3.63) is 58.4 Å².